The van der Waals surface area contributed by atoms with Gasteiger partial charge in [0, 0.05) is 5.41 Å². The zero-order valence-corrected chi connectivity index (χ0v) is 14.1. The van der Waals surface area contributed by atoms with Crippen LogP contribution in [0.3, 0.4) is 0 Å². The van der Waals surface area contributed by atoms with Crippen molar-refractivity contribution in [3.05, 3.63) is 41.8 Å². The van der Waals surface area contributed by atoms with E-state index in [1.807, 2.05) is 0 Å². The summed E-state index contributed by atoms with van der Waals surface area (Å²) >= 11 is 0. The number of carbonyl (C=O) groups is 1. The molecule has 1 heterocycles. The molecule has 1 aromatic carbocycles. The molecule has 7 nitrogen and oxygen atoms in total. The number of aromatic nitrogens is 2. The van der Waals surface area contributed by atoms with Crippen LogP contribution in [0.15, 0.2) is 40.0 Å². The minimum Gasteiger partial charge on any atom is -0.411 e. The second kappa shape index (κ2) is 6.49. The molecule has 8 heteroatoms. The Morgan fingerprint density at radius 2 is 1.83 bits per heavy atom. The minimum atomic E-state index is -3.71. The molecular formula is C15H19N3O4S. The van der Waals surface area contributed by atoms with Gasteiger partial charge < -0.3 is 9.73 Å². The first-order valence-electron chi connectivity index (χ1n) is 7.06. The van der Waals surface area contributed by atoms with E-state index < -0.39 is 20.5 Å². The molecule has 0 saturated carbocycles. The molecule has 2 aromatic rings. The molecule has 23 heavy (non-hydrogen) atoms. The molecule has 0 aliphatic rings. The fourth-order valence-electron chi connectivity index (χ4n) is 1.71. The number of sulfone groups is 1. The van der Waals surface area contributed by atoms with Gasteiger partial charge in [0.05, 0.1) is 12.3 Å². The third kappa shape index (κ3) is 4.62. The smallest absolute Gasteiger partial charge is 0.335 e. The molecular weight excluding hydrogens is 318 g/mol. The summed E-state index contributed by atoms with van der Waals surface area (Å²) in [6.07, 6.45) is 0. The van der Waals surface area contributed by atoms with E-state index in [9.17, 15) is 13.2 Å². The van der Waals surface area contributed by atoms with Crippen molar-refractivity contribution in [2.45, 2.75) is 38.3 Å². The number of nitrogens with zero attached hydrogens (tertiary/aromatic N) is 2. The third-order valence-corrected chi connectivity index (χ3v) is 4.41. The Labute approximate surface area is 135 Å². The molecule has 0 bridgehead atoms. The molecule has 0 spiro atoms. The van der Waals surface area contributed by atoms with E-state index in [2.05, 4.69) is 15.5 Å². The highest BCUT2D eigenvalue weighted by Crippen LogP contribution is 2.16. The van der Waals surface area contributed by atoms with Crippen molar-refractivity contribution in [2.24, 2.45) is 5.41 Å². The van der Waals surface area contributed by atoms with Crippen molar-refractivity contribution < 1.29 is 17.6 Å². The molecule has 1 amide bonds. The average Bonchev–Trinajstić information content (AvgIpc) is 2.94. The maximum absolute atomic E-state index is 12.2. The Kier molecular flexibility index (Phi) is 4.84. The first-order chi connectivity index (χ1) is 10.7. The van der Waals surface area contributed by atoms with Gasteiger partial charge in [-0.25, -0.2) is 8.42 Å². The zero-order valence-electron chi connectivity index (χ0n) is 13.2. The van der Waals surface area contributed by atoms with Crippen LogP contribution in [0.1, 0.15) is 32.2 Å². The van der Waals surface area contributed by atoms with E-state index in [4.69, 9.17) is 4.42 Å². The average molecular weight is 337 g/mol. The highest BCUT2D eigenvalue weighted by Gasteiger charge is 2.24. The maximum atomic E-state index is 12.2. The standard InChI is InChI=1S/C15H19N3O4S/c1-15(2,3)13(19)16-9-12-17-18-14(22-12)23(20,21)10-11-7-5-4-6-8-11/h4-8H,9-10H2,1-3H3,(H,16,19). The third-order valence-electron chi connectivity index (χ3n) is 3.00. The zero-order chi connectivity index (χ0) is 17.1. The van der Waals surface area contributed by atoms with E-state index in [-0.39, 0.29) is 24.1 Å². The molecule has 0 unspecified atom stereocenters. The van der Waals surface area contributed by atoms with Gasteiger partial charge in [-0.15, -0.1) is 5.10 Å². The number of hydrogen-bond donors (Lipinski definition) is 1. The number of benzene rings is 1. The maximum Gasteiger partial charge on any atom is 0.335 e. The van der Waals surface area contributed by atoms with Crippen LogP contribution >= 0.6 is 0 Å². The number of amides is 1. The van der Waals surface area contributed by atoms with Crippen LogP contribution in [0.25, 0.3) is 0 Å². The van der Waals surface area contributed by atoms with Crippen LogP contribution in [0.2, 0.25) is 0 Å². The first-order valence-corrected chi connectivity index (χ1v) is 8.71. The monoisotopic (exact) mass is 337 g/mol. The first kappa shape index (κ1) is 17.1. The van der Waals surface area contributed by atoms with Gasteiger partial charge in [-0.05, 0) is 5.56 Å². The number of nitrogens with one attached hydrogen (secondary N) is 1. The minimum absolute atomic E-state index is 0.00996. The molecule has 1 N–H and O–H groups in total. The lowest BCUT2D eigenvalue weighted by atomic mass is 9.96. The Bertz CT molecular complexity index is 777. The lowest BCUT2D eigenvalue weighted by Gasteiger charge is -2.16. The fraction of sp³-hybridized carbons (Fsp3) is 0.400. The summed E-state index contributed by atoms with van der Waals surface area (Å²) in [6.45, 7) is 5.30. The SMILES string of the molecule is CC(C)(C)C(=O)NCc1nnc(S(=O)(=O)Cc2ccccc2)o1. The fourth-order valence-corrected chi connectivity index (χ4v) is 2.85. The summed E-state index contributed by atoms with van der Waals surface area (Å²) in [5.41, 5.74) is 0.0793. The summed E-state index contributed by atoms with van der Waals surface area (Å²) in [7, 11) is -3.71. The van der Waals surface area contributed by atoms with Crippen LogP contribution in [0.5, 0.6) is 0 Å². The molecule has 0 radical (unpaired) electrons. The van der Waals surface area contributed by atoms with Gasteiger partial charge in [-0.1, -0.05) is 56.2 Å². The lowest BCUT2D eigenvalue weighted by Crippen LogP contribution is -2.34. The van der Waals surface area contributed by atoms with Gasteiger partial charge in [0.25, 0.3) is 0 Å². The molecule has 0 aliphatic carbocycles. The summed E-state index contributed by atoms with van der Waals surface area (Å²) < 4.78 is 29.6. The molecule has 124 valence electrons. The summed E-state index contributed by atoms with van der Waals surface area (Å²) in [5, 5.41) is 9.42. The van der Waals surface area contributed by atoms with Crippen LogP contribution in [-0.2, 0) is 26.9 Å². The summed E-state index contributed by atoms with van der Waals surface area (Å²) in [5.74, 6) is -0.359. The molecule has 1 aromatic heterocycles. The van der Waals surface area contributed by atoms with E-state index in [1.165, 1.54) is 0 Å². The predicted octanol–water partition coefficient (Wildman–Crippen LogP) is 1.71. The second-order valence-electron chi connectivity index (χ2n) is 6.14. The Hall–Kier alpha value is -2.22. The Morgan fingerprint density at radius 3 is 2.43 bits per heavy atom. The topological polar surface area (TPSA) is 102 Å². The molecule has 0 saturated heterocycles. The van der Waals surface area contributed by atoms with Crippen LogP contribution in [-0.4, -0.2) is 24.5 Å². The summed E-state index contributed by atoms with van der Waals surface area (Å²) in [4.78, 5) is 11.8. The van der Waals surface area contributed by atoms with Crippen LogP contribution < -0.4 is 5.32 Å². The van der Waals surface area contributed by atoms with Crippen molar-refractivity contribution in [3.8, 4) is 0 Å². The highest BCUT2D eigenvalue weighted by atomic mass is 32.2. The van der Waals surface area contributed by atoms with E-state index >= 15 is 0 Å². The highest BCUT2D eigenvalue weighted by molar-refractivity contribution is 7.90. The number of rotatable bonds is 5. The lowest BCUT2D eigenvalue weighted by molar-refractivity contribution is -0.128. The van der Waals surface area contributed by atoms with E-state index in [1.54, 1.807) is 51.1 Å². The Balaban J connectivity index is 2.05. The van der Waals surface area contributed by atoms with Gasteiger partial charge in [0.2, 0.25) is 21.6 Å². The van der Waals surface area contributed by atoms with Crippen molar-refractivity contribution >= 4 is 15.7 Å². The molecule has 0 aliphatic heterocycles. The van der Waals surface area contributed by atoms with E-state index in [0.29, 0.717) is 5.56 Å². The number of hydrogen-bond acceptors (Lipinski definition) is 6. The van der Waals surface area contributed by atoms with Gasteiger partial charge in [0.15, 0.2) is 0 Å². The van der Waals surface area contributed by atoms with Gasteiger partial charge in [-0.2, -0.15) is 0 Å². The van der Waals surface area contributed by atoms with Crippen LogP contribution in [0, 0.1) is 5.41 Å². The van der Waals surface area contributed by atoms with Crippen LogP contribution in [0.4, 0.5) is 0 Å². The van der Waals surface area contributed by atoms with Crippen molar-refractivity contribution in [3.63, 3.8) is 0 Å². The Morgan fingerprint density at radius 1 is 1.17 bits per heavy atom. The molecule has 2 rings (SSSR count). The van der Waals surface area contributed by atoms with E-state index in [0.717, 1.165) is 0 Å². The second-order valence-corrected chi connectivity index (χ2v) is 8.01. The van der Waals surface area contributed by atoms with Gasteiger partial charge in [-0.3, -0.25) is 4.79 Å². The van der Waals surface area contributed by atoms with Gasteiger partial charge >= 0.3 is 5.22 Å². The van der Waals surface area contributed by atoms with Crippen molar-refractivity contribution in [1.82, 2.24) is 15.5 Å². The normalized spacial score (nSPS) is 12.1. The van der Waals surface area contributed by atoms with Crippen molar-refractivity contribution in [1.29, 1.82) is 0 Å². The largest absolute Gasteiger partial charge is 0.411 e. The predicted molar refractivity (Wildman–Crippen MR) is 82.9 cm³/mol. The molecule has 0 fully saturated rings. The van der Waals surface area contributed by atoms with Crippen molar-refractivity contribution in [2.75, 3.05) is 0 Å². The molecule has 0 atom stereocenters. The van der Waals surface area contributed by atoms with Gasteiger partial charge in [0.1, 0.15) is 0 Å². The quantitative estimate of drug-likeness (QED) is 0.891. The summed E-state index contributed by atoms with van der Waals surface area (Å²) in [6, 6.07) is 8.73. The number of carbonyl (C=O) groups excluding carboxylic acids is 1.